The highest BCUT2D eigenvalue weighted by Crippen LogP contribution is 2.33. The Hall–Kier alpha value is -1.98. The van der Waals surface area contributed by atoms with E-state index in [1.165, 1.54) is 6.07 Å². The lowest BCUT2D eigenvalue weighted by Crippen LogP contribution is -2.09. The van der Waals surface area contributed by atoms with Gasteiger partial charge in [0.1, 0.15) is 11.4 Å². The number of alkyl halides is 3. The highest BCUT2D eigenvalue weighted by atomic mass is 19.4. The average molecular weight is 256 g/mol. The molecule has 0 aliphatic heterocycles. The Morgan fingerprint density at radius 1 is 1.28 bits per heavy atom. The summed E-state index contributed by atoms with van der Waals surface area (Å²) in [6.45, 7) is 2.29. The van der Waals surface area contributed by atoms with Gasteiger partial charge >= 0.3 is 6.18 Å². The van der Waals surface area contributed by atoms with Gasteiger partial charge in [-0.1, -0.05) is 0 Å². The summed E-state index contributed by atoms with van der Waals surface area (Å²) in [7, 11) is 0. The van der Waals surface area contributed by atoms with Gasteiger partial charge in [-0.05, 0) is 31.2 Å². The summed E-state index contributed by atoms with van der Waals surface area (Å²) in [5.41, 5.74) is 4.87. The highest BCUT2D eigenvalue weighted by molar-refractivity contribution is 5.91. The maximum Gasteiger partial charge on any atom is 0.433 e. The van der Waals surface area contributed by atoms with Gasteiger partial charge in [0, 0.05) is 11.1 Å². The van der Waals surface area contributed by atoms with Gasteiger partial charge in [-0.25, -0.2) is 4.98 Å². The largest absolute Gasteiger partial charge is 0.494 e. The smallest absolute Gasteiger partial charge is 0.433 e. The second kappa shape index (κ2) is 4.36. The maximum absolute atomic E-state index is 12.6. The SMILES string of the molecule is CCOc1ccc2nc(C(F)(F)F)cc(N)c2c1. The first-order valence-corrected chi connectivity index (χ1v) is 5.32. The number of nitrogens with zero attached hydrogens (tertiary/aromatic N) is 1. The van der Waals surface area contributed by atoms with Crippen molar-refractivity contribution in [3.63, 3.8) is 0 Å². The predicted molar refractivity (Wildman–Crippen MR) is 62.3 cm³/mol. The van der Waals surface area contributed by atoms with Crippen molar-refractivity contribution in [2.24, 2.45) is 0 Å². The number of benzene rings is 1. The maximum atomic E-state index is 12.6. The van der Waals surface area contributed by atoms with Crippen LogP contribution in [0.3, 0.4) is 0 Å². The summed E-state index contributed by atoms with van der Waals surface area (Å²) in [6, 6.07) is 5.45. The van der Waals surface area contributed by atoms with Crippen molar-refractivity contribution in [1.29, 1.82) is 0 Å². The van der Waals surface area contributed by atoms with Crippen LogP contribution in [-0.2, 0) is 6.18 Å². The third-order valence-electron chi connectivity index (χ3n) is 2.41. The van der Waals surface area contributed by atoms with E-state index in [0.717, 1.165) is 6.07 Å². The summed E-state index contributed by atoms with van der Waals surface area (Å²) in [5.74, 6) is 0.554. The molecule has 3 nitrogen and oxygen atoms in total. The number of rotatable bonds is 2. The minimum absolute atomic E-state index is 0.0360. The molecule has 1 heterocycles. The topological polar surface area (TPSA) is 48.1 Å². The summed E-state index contributed by atoms with van der Waals surface area (Å²) in [6.07, 6.45) is -4.50. The van der Waals surface area contributed by atoms with Crippen LogP contribution in [0.5, 0.6) is 5.75 Å². The molecule has 1 aromatic heterocycles. The van der Waals surface area contributed by atoms with Crippen LogP contribution in [0.4, 0.5) is 18.9 Å². The Morgan fingerprint density at radius 2 is 2.00 bits per heavy atom. The number of hydrogen-bond donors (Lipinski definition) is 1. The molecule has 1 aromatic carbocycles. The molecular formula is C12H11F3N2O. The van der Waals surface area contributed by atoms with Gasteiger partial charge in [0.15, 0.2) is 0 Å². The van der Waals surface area contributed by atoms with Crippen LogP contribution >= 0.6 is 0 Å². The lowest BCUT2D eigenvalue weighted by molar-refractivity contribution is -0.140. The van der Waals surface area contributed by atoms with Crippen LogP contribution in [0.25, 0.3) is 10.9 Å². The molecule has 0 saturated carbocycles. The molecule has 2 rings (SSSR count). The summed E-state index contributed by atoms with van der Waals surface area (Å²) < 4.78 is 42.9. The first kappa shape index (κ1) is 12.5. The van der Waals surface area contributed by atoms with E-state index in [4.69, 9.17) is 10.5 Å². The zero-order valence-electron chi connectivity index (χ0n) is 9.58. The quantitative estimate of drug-likeness (QED) is 0.897. The molecule has 0 fully saturated rings. The number of anilines is 1. The third kappa shape index (κ3) is 2.32. The fourth-order valence-electron chi connectivity index (χ4n) is 1.63. The molecule has 0 unspecified atom stereocenters. The van der Waals surface area contributed by atoms with Crippen molar-refractivity contribution in [2.75, 3.05) is 12.3 Å². The van der Waals surface area contributed by atoms with Crippen LogP contribution in [0.1, 0.15) is 12.6 Å². The molecule has 0 radical (unpaired) electrons. The predicted octanol–water partition coefficient (Wildman–Crippen LogP) is 3.23. The summed E-state index contributed by atoms with van der Waals surface area (Å²) in [5, 5.41) is 0.453. The van der Waals surface area contributed by atoms with Gasteiger partial charge < -0.3 is 10.5 Å². The van der Waals surface area contributed by atoms with E-state index in [-0.39, 0.29) is 11.2 Å². The molecule has 96 valence electrons. The van der Waals surface area contributed by atoms with Crippen molar-refractivity contribution in [2.45, 2.75) is 13.1 Å². The number of nitrogens with two attached hydrogens (primary N) is 1. The average Bonchev–Trinajstić information content (AvgIpc) is 2.29. The Kier molecular flexibility index (Phi) is 3.02. The van der Waals surface area contributed by atoms with E-state index >= 15 is 0 Å². The molecule has 0 bridgehead atoms. The molecule has 0 aliphatic carbocycles. The van der Waals surface area contributed by atoms with Crippen molar-refractivity contribution < 1.29 is 17.9 Å². The van der Waals surface area contributed by atoms with E-state index in [1.807, 2.05) is 6.92 Å². The van der Waals surface area contributed by atoms with E-state index in [9.17, 15) is 13.2 Å². The first-order valence-electron chi connectivity index (χ1n) is 5.32. The Balaban J connectivity index is 2.59. The van der Waals surface area contributed by atoms with E-state index < -0.39 is 11.9 Å². The van der Waals surface area contributed by atoms with E-state index in [0.29, 0.717) is 17.7 Å². The summed E-state index contributed by atoms with van der Waals surface area (Å²) >= 11 is 0. The van der Waals surface area contributed by atoms with Gasteiger partial charge in [-0.3, -0.25) is 0 Å². The minimum Gasteiger partial charge on any atom is -0.494 e. The van der Waals surface area contributed by atoms with Crippen LogP contribution in [0, 0.1) is 0 Å². The number of halogens is 3. The fraction of sp³-hybridized carbons (Fsp3) is 0.250. The molecular weight excluding hydrogens is 245 g/mol. The van der Waals surface area contributed by atoms with Crippen molar-refractivity contribution in [1.82, 2.24) is 4.98 Å². The van der Waals surface area contributed by atoms with Crippen LogP contribution in [-0.4, -0.2) is 11.6 Å². The van der Waals surface area contributed by atoms with E-state index in [1.54, 1.807) is 12.1 Å². The van der Waals surface area contributed by atoms with Gasteiger partial charge in [0.2, 0.25) is 0 Å². The highest BCUT2D eigenvalue weighted by Gasteiger charge is 2.33. The molecule has 0 atom stereocenters. The van der Waals surface area contributed by atoms with Gasteiger partial charge in [-0.2, -0.15) is 13.2 Å². The monoisotopic (exact) mass is 256 g/mol. The first-order chi connectivity index (χ1) is 8.41. The molecule has 6 heteroatoms. The molecule has 2 N–H and O–H groups in total. The van der Waals surface area contributed by atoms with Gasteiger partial charge in [0.05, 0.1) is 12.1 Å². The minimum atomic E-state index is -4.50. The molecule has 0 spiro atoms. The third-order valence-corrected chi connectivity index (χ3v) is 2.41. The van der Waals surface area contributed by atoms with Crippen LogP contribution < -0.4 is 10.5 Å². The number of pyridine rings is 1. The summed E-state index contributed by atoms with van der Waals surface area (Å²) in [4.78, 5) is 3.55. The van der Waals surface area contributed by atoms with Gasteiger partial charge in [0.25, 0.3) is 0 Å². The Labute approximate surface area is 101 Å². The lowest BCUT2D eigenvalue weighted by Gasteiger charge is -2.10. The number of fused-ring (bicyclic) bond motifs is 1. The van der Waals surface area contributed by atoms with Crippen LogP contribution in [0.15, 0.2) is 24.3 Å². The van der Waals surface area contributed by atoms with Gasteiger partial charge in [-0.15, -0.1) is 0 Å². The van der Waals surface area contributed by atoms with Crippen molar-refractivity contribution in [3.05, 3.63) is 30.0 Å². The number of aromatic nitrogens is 1. The molecule has 0 amide bonds. The molecule has 18 heavy (non-hydrogen) atoms. The van der Waals surface area contributed by atoms with E-state index in [2.05, 4.69) is 4.98 Å². The zero-order valence-corrected chi connectivity index (χ0v) is 9.58. The Morgan fingerprint density at radius 3 is 2.61 bits per heavy atom. The van der Waals surface area contributed by atoms with Crippen molar-refractivity contribution >= 4 is 16.6 Å². The molecule has 0 aliphatic rings. The fourth-order valence-corrected chi connectivity index (χ4v) is 1.63. The second-order valence-electron chi connectivity index (χ2n) is 3.71. The standard InChI is InChI=1S/C12H11F3N2O/c1-2-18-7-3-4-10-8(5-7)9(16)6-11(17-10)12(13,14)15/h3-6H,2H2,1H3,(H2,16,17). The second-order valence-corrected chi connectivity index (χ2v) is 3.71. The molecule has 2 aromatic rings. The van der Waals surface area contributed by atoms with Crippen molar-refractivity contribution in [3.8, 4) is 5.75 Å². The number of nitrogen functional groups attached to an aromatic ring is 1. The number of ether oxygens (including phenoxy) is 1. The lowest BCUT2D eigenvalue weighted by atomic mass is 10.1. The van der Waals surface area contributed by atoms with Crippen LogP contribution in [0.2, 0.25) is 0 Å². The Bertz CT molecular complexity index is 581. The molecule has 0 saturated heterocycles. The zero-order chi connectivity index (χ0) is 13.3. The normalized spacial score (nSPS) is 11.8. The number of hydrogen-bond acceptors (Lipinski definition) is 3.